The maximum atomic E-state index is 13.3. The lowest BCUT2D eigenvalue weighted by atomic mass is 9.92. The fourth-order valence-corrected chi connectivity index (χ4v) is 3.69. The number of carbonyl (C=O) groups excluding carboxylic acids is 1. The van der Waals surface area contributed by atoms with Crippen LogP contribution in [0.4, 0.5) is 4.39 Å². The number of hydrogen-bond donors (Lipinski definition) is 0. The van der Waals surface area contributed by atoms with Gasteiger partial charge in [0.15, 0.2) is 0 Å². The molecule has 1 aliphatic heterocycles. The molecule has 6 heteroatoms. The summed E-state index contributed by atoms with van der Waals surface area (Å²) >= 11 is 0. The van der Waals surface area contributed by atoms with Crippen molar-refractivity contribution in [3.63, 3.8) is 0 Å². The van der Waals surface area contributed by atoms with E-state index in [0.29, 0.717) is 13.1 Å². The summed E-state index contributed by atoms with van der Waals surface area (Å²) in [5, 5.41) is 4.56. The lowest BCUT2D eigenvalue weighted by Gasteiger charge is -2.17. The van der Waals surface area contributed by atoms with E-state index in [2.05, 4.69) is 16.7 Å². The predicted molar refractivity (Wildman–Crippen MR) is 106 cm³/mol. The van der Waals surface area contributed by atoms with E-state index in [1.165, 1.54) is 18.2 Å². The number of halogens is 1. The van der Waals surface area contributed by atoms with Crippen LogP contribution in [0.25, 0.3) is 22.5 Å². The van der Waals surface area contributed by atoms with Crippen LogP contribution in [0.5, 0.6) is 0 Å². The maximum Gasteiger partial charge on any atom is 0.245 e. The number of benzene rings is 1. The highest BCUT2D eigenvalue weighted by molar-refractivity contribution is 5.87. The molecule has 0 aliphatic carbocycles. The lowest BCUT2D eigenvalue weighted by molar-refractivity contribution is -0.125. The van der Waals surface area contributed by atoms with Crippen LogP contribution >= 0.6 is 0 Å². The van der Waals surface area contributed by atoms with Gasteiger partial charge in [0.2, 0.25) is 5.91 Å². The minimum Gasteiger partial charge on any atom is -0.339 e. The van der Waals surface area contributed by atoms with Gasteiger partial charge < -0.3 is 4.90 Å². The molecule has 28 heavy (non-hydrogen) atoms. The molecular weight excluding hydrogens is 355 g/mol. The monoisotopic (exact) mass is 376 g/mol. The molecule has 5 nitrogen and oxygen atoms in total. The average molecular weight is 376 g/mol. The quantitative estimate of drug-likeness (QED) is 0.651. The fraction of sp³-hybridized carbons (Fsp3) is 0.227. The third-order valence-electron chi connectivity index (χ3n) is 5.18. The van der Waals surface area contributed by atoms with Crippen LogP contribution in [-0.2, 0) is 11.8 Å². The van der Waals surface area contributed by atoms with Crippen LogP contribution in [-0.4, -0.2) is 38.7 Å². The first-order chi connectivity index (χ1) is 13.5. The van der Waals surface area contributed by atoms with Crippen LogP contribution < -0.4 is 0 Å². The Kier molecular flexibility index (Phi) is 4.77. The summed E-state index contributed by atoms with van der Waals surface area (Å²) in [5.74, 6) is -0.128. The molecule has 0 spiro atoms. The number of amides is 1. The van der Waals surface area contributed by atoms with Crippen LogP contribution in [0.1, 0.15) is 17.9 Å². The summed E-state index contributed by atoms with van der Waals surface area (Å²) in [4.78, 5) is 18.4. The number of nitrogens with zero attached hydrogens (tertiary/aromatic N) is 4. The summed E-state index contributed by atoms with van der Waals surface area (Å²) in [6, 6.07) is 10.3. The van der Waals surface area contributed by atoms with Gasteiger partial charge in [-0.3, -0.25) is 14.5 Å². The molecule has 1 amide bonds. The average Bonchev–Trinajstić information content (AvgIpc) is 3.37. The van der Waals surface area contributed by atoms with Gasteiger partial charge in [-0.05, 0) is 54.5 Å². The van der Waals surface area contributed by atoms with Crippen LogP contribution in [0.15, 0.2) is 61.4 Å². The van der Waals surface area contributed by atoms with Gasteiger partial charge in [0.05, 0.1) is 11.4 Å². The highest BCUT2D eigenvalue weighted by Gasteiger charge is 2.28. The summed E-state index contributed by atoms with van der Waals surface area (Å²) < 4.78 is 15.0. The van der Waals surface area contributed by atoms with Crippen molar-refractivity contribution in [2.75, 3.05) is 13.1 Å². The number of carbonyl (C=O) groups is 1. The Bertz CT molecular complexity index is 1030. The van der Waals surface area contributed by atoms with Gasteiger partial charge >= 0.3 is 0 Å². The first kappa shape index (κ1) is 18.1. The van der Waals surface area contributed by atoms with Gasteiger partial charge in [0.25, 0.3) is 0 Å². The number of aryl methyl sites for hydroxylation is 1. The summed E-state index contributed by atoms with van der Waals surface area (Å²) in [6.07, 6.45) is 6.00. The molecule has 0 unspecified atom stereocenters. The highest BCUT2D eigenvalue weighted by Crippen LogP contribution is 2.36. The molecule has 0 radical (unpaired) electrons. The Morgan fingerprint density at radius 1 is 1.25 bits per heavy atom. The van der Waals surface area contributed by atoms with Crippen LogP contribution in [0.3, 0.4) is 0 Å². The summed E-state index contributed by atoms with van der Waals surface area (Å²) in [5.41, 5.74) is 4.54. The summed E-state index contributed by atoms with van der Waals surface area (Å²) in [6.45, 7) is 4.93. The van der Waals surface area contributed by atoms with E-state index in [-0.39, 0.29) is 17.6 Å². The van der Waals surface area contributed by atoms with Gasteiger partial charge in [0, 0.05) is 49.6 Å². The molecule has 1 atom stereocenters. The second-order valence-corrected chi connectivity index (χ2v) is 7.01. The third-order valence-corrected chi connectivity index (χ3v) is 5.18. The molecule has 0 saturated carbocycles. The highest BCUT2D eigenvalue weighted by atomic mass is 19.1. The Morgan fingerprint density at radius 2 is 2.04 bits per heavy atom. The molecule has 3 heterocycles. The first-order valence-corrected chi connectivity index (χ1v) is 9.22. The molecule has 1 aliphatic rings. The summed E-state index contributed by atoms with van der Waals surface area (Å²) in [7, 11) is 1.88. The number of rotatable bonds is 4. The van der Waals surface area contributed by atoms with Gasteiger partial charge in [-0.1, -0.05) is 6.58 Å². The van der Waals surface area contributed by atoms with Gasteiger partial charge in [-0.25, -0.2) is 4.39 Å². The smallest absolute Gasteiger partial charge is 0.245 e. The fourth-order valence-electron chi connectivity index (χ4n) is 3.69. The molecular formula is C22H21FN4O. The minimum atomic E-state index is -0.275. The molecule has 4 rings (SSSR count). The molecule has 0 N–H and O–H groups in total. The zero-order valence-corrected chi connectivity index (χ0v) is 15.7. The van der Waals surface area contributed by atoms with Crippen molar-refractivity contribution in [3.8, 4) is 22.5 Å². The van der Waals surface area contributed by atoms with Gasteiger partial charge in [-0.15, -0.1) is 0 Å². The van der Waals surface area contributed by atoms with E-state index in [9.17, 15) is 9.18 Å². The Balaban J connectivity index is 1.75. The zero-order valence-electron chi connectivity index (χ0n) is 15.7. The van der Waals surface area contributed by atoms with Crippen molar-refractivity contribution in [1.29, 1.82) is 0 Å². The van der Waals surface area contributed by atoms with Crippen molar-refractivity contribution in [1.82, 2.24) is 19.7 Å². The molecule has 0 bridgehead atoms. The van der Waals surface area contributed by atoms with E-state index in [1.807, 2.05) is 36.5 Å². The van der Waals surface area contributed by atoms with Crippen LogP contribution in [0, 0.1) is 5.82 Å². The van der Waals surface area contributed by atoms with Crippen molar-refractivity contribution in [2.24, 2.45) is 7.05 Å². The van der Waals surface area contributed by atoms with Crippen LogP contribution in [0.2, 0.25) is 0 Å². The van der Waals surface area contributed by atoms with Crippen molar-refractivity contribution >= 4 is 5.91 Å². The Hall–Kier alpha value is -3.28. The van der Waals surface area contributed by atoms with E-state index in [1.54, 1.807) is 16.8 Å². The third kappa shape index (κ3) is 3.45. The SMILES string of the molecule is C=CC(=O)N1CC[C@H](c2cnc(-c3ccc(F)cc3)cc2-c2ccn(C)n2)C1. The molecule has 1 fully saturated rings. The van der Waals surface area contributed by atoms with E-state index in [4.69, 9.17) is 0 Å². The van der Waals surface area contributed by atoms with Crippen molar-refractivity contribution in [2.45, 2.75) is 12.3 Å². The Labute approximate surface area is 163 Å². The largest absolute Gasteiger partial charge is 0.339 e. The number of aromatic nitrogens is 3. The van der Waals surface area contributed by atoms with E-state index >= 15 is 0 Å². The molecule has 142 valence electrons. The number of hydrogen-bond acceptors (Lipinski definition) is 3. The Morgan fingerprint density at radius 3 is 2.71 bits per heavy atom. The normalized spacial score (nSPS) is 16.4. The topological polar surface area (TPSA) is 51.0 Å². The second-order valence-electron chi connectivity index (χ2n) is 7.01. The van der Waals surface area contributed by atoms with E-state index < -0.39 is 0 Å². The number of pyridine rings is 1. The molecule has 2 aromatic heterocycles. The standard InChI is InChI=1S/C22H21FN4O/c1-3-22(28)27-11-8-16(14-27)19-13-24-21(15-4-6-17(23)7-5-15)12-18(19)20-9-10-26(2)25-20/h3-7,9-10,12-13,16H,1,8,11,14H2,2H3/t16-/m0/s1. The minimum absolute atomic E-state index is 0.0437. The lowest BCUT2D eigenvalue weighted by Crippen LogP contribution is -2.26. The zero-order chi connectivity index (χ0) is 19.7. The van der Waals surface area contributed by atoms with Gasteiger partial charge in [-0.2, -0.15) is 5.10 Å². The predicted octanol–water partition coefficient (Wildman–Crippen LogP) is 3.79. The van der Waals surface area contributed by atoms with Crippen molar-refractivity contribution < 1.29 is 9.18 Å². The maximum absolute atomic E-state index is 13.3. The van der Waals surface area contributed by atoms with Gasteiger partial charge in [0.1, 0.15) is 5.82 Å². The number of likely N-dealkylation sites (tertiary alicyclic amines) is 1. The first-order valence-electron chi connectivity index (χ1n) is 9.22. The molecule has 3 aromatic rings. The molecule has 1 saturated heterocycles. The van der Waals surface area contributed by atoms with Crippen molar-refractivity contribution in [3.05, 3.63) is 72.8 Å². The second kappa shape index (κ2) is 7.38. The van der Waals surface area contributed by atoms with E-state index in [0.717, 1.165) is 34.5 Å². The molecule has 1 aromatic carbocycles.